The van der Waals surface area contributed by atoms with Crippen LogP contribution in [-0.2, 0) is 21.2 Å². The molecule has 2 aromatic rings. The number of amides is 1. The predicted molar refractivity (Wildman–Crippen MR) is 103 cm³/mol. The second-order valence-corrected chi connectivity index (χ2v) is 8.34. The van der Waals surface area contributed by atoms with Crippen LogP contribution in [-0.4, -0.2) is 26.9 Å². The van der Waals surface area contributed by atoms with E-state index in [2.05, 4.69) is 10.0 Å². The molecule has 5 nitrogen and oxygen atoms in total. The van der Waals surface area contributed by atoms with Crippen molar-refractivity contribution in [3.8, 4) is 0 Å². The van der Waals surface area contributed by atoms with Gasteiger partial charge in [0.15, 0.2) is 0 Å². The Hall–Kier alpha value is -2.25. The summed E-state index contributed by atoms with van der Waals surface area (Å²) in [5.41, 5.74) is 1.17. The molecule has 1 atom stereocenters. The molecule has 27 heavy (non-hydrogen) atoms. The average Bonchev–Trinajstić information content (AvgIpc) is 2.64. The topological polar surface area (TPSA) is 75.3 Å². The third kappa shape index (κ3) is 6.15. The largest absolute Gasteiger partial charge is 0.355 e. The van der Waals surface area contributed by atoms with Crippen LogP contribution < -0.4 is 10.0 Å². The first-order valence-electron chi connectivity index (χ1n) is 8.90. The fourth-order valence-electron chi connectivity index (χ4n) is 2.64. The molecule has 0 unspecified atom stereocenters. The van der Waals surface area contributed by atoms with Gasteiger partial charge in [0.05, 0.1) is 0 Å². The van der Waals surface area contributed by atoms with Crippen LogP contribution in [0, 0.1) is 11.7 Å². The highest BCUT2D eigenvalue weighted by Crippen LogP contribution is 2.15. The summed E-state index contributed by atoms with van der Waals surface area (Å²) in [6.07, 6.45) is 1.55. The monoisotopic (exact) mass is 392 g/mol. The molecule has 2 rings (SSSR count). The molecule has 0 aliphatic heterocycles. The molecule has 0 bridgehead atoms. The van der Waals surface area contributed by atoms with E-state index in [-0.39, 0.29) is 5.92 Å². The second kappa shape index (κ2) is 9.62. The summed E-state index contributed by atoms with van der Waals surface area (Å²) in [4.78, 5) is 12.0. The maximum Gasteiger partial charge on any atom is 0.244 e. The minimum absolute atomic E-state index is 0.291. The van der Waals surface area contributed by atoms with Crippen molar-refractivity contribution in [2.75, 3.05) is 6.54 Å². The Morgan fingerprint density at radius 1 is 1.04 bits per heavy atom. The summed E-state index contributed by atoms with van der Waals surface area (Å²) in [7, 11) is -4.14. The molecule has 0 aliphatic rings. The van der Waals surface area contributed by atoms with E-state index in [9.17, 15) is 17.6 Å². The first-order valence-corrected chi connectivity index (χ1v) is 10.4. The molecular weight excluding hydrogens is 367 g/mol. The van der Waals surface area contributed by atoms with E-state index in [1.54, 1.807) is 13.8 Å². The van der Waals surface area contributed by atoms with E-state index in [0.717, 1.165) is 18.9 Å². The van der Waals surface area contributed by atoms with E-state index >= 15 is 0 Å². The number of benzene rings is 2. The SMILES string of the molecule is CC(C)[C@H](NS(=O)(=O)c1ccccc1F)C(=O)NCCCc1ccccc1. The molecule has 0 aromatic heterocycles. The Labute approximate surface area is 160 Å². The lowest BCUT2D eigenvalue weighted by Crippen LogP contribution is -2.49. The molecule has 2 N–H and O–H groups in total. The van der Waals surface area contributed by atoms with Crippen LogP contribution in [0.25, 0.3) is 0 Å². The van der Waals surface area contributed by atoms with E-state index < -0.39 is 32.7 Å². The van der Waals surface area contributed by atoms with Gasteiger partial charge in [-0.3, -0.25) is 4.79 Å². The predicted octanol–water partition coefficient (Wildman–Crippen LogP) is 2.88. The van der Waals surface area contributed by atoms with Gasteiger partial charge in [-0.05, 0) is 36.5 Å². The third-order valence-corrected chi connectivity index (χ3v) is 5.62. The normalized spacial score (nSPS) is 12.7. The van der Waals surface area contributed by atoms with Crippen molar-refractivity contribution in [3.05, 3.63) is 66.0 Å². The quantitative estimate of drug-likeness (QED) is 0.645. The average molecular weight is 392 g/mol. The van der Waals surface area contributed by atoms with Crippen molar-refractivity contribution in [1.29, 1.82) is 0 Å². The van der Waals surface area contributed by atoms with Crippen molar-refractivity contribution >= 4 is 15.9 Å². The summed E-state index contributed by atoms with van der Waals surface area (Å²) in [6, 6.07) is 14.0. The number of sulfonamides is 1. The molecular formula is C20H25FN2O3S. The Kier molecular flexibility index (Phi) is 7.50. The summed E-state index contributed by atoms with van der Waals surface area (Å²) < 4.78 is 41.1. The van der Waals surface area contributed by atoms with Gasteiger partial charge in [-0.2, -0.15) is 4.72 Å². The van der Waals surface area contributed by atoms with E-state index in [1.807, 2.05) is 30.3 Å². The van der Waals surface area contributed by atoms with Crippen LogP contribution in [0.2, 0.25) is 0 Å². The number of hydrogen-bond donors (Lipinski definition) is 2. The number of carbonyl (C=O) groups excluding carboxylic acids is 1. The third-order valence-electron chi connectivity index (χ3n) is 4.14. The van der Waals surface area contributed by atoms with Crippen molar-refractivity contribution in [1.82, 2.24) is 10.0 Å². The van der Waals surface area contributed by atoms with Crippen LogP contribution in [0.4, 0.5) is 4.39 Å². The first kappa shape index (κ1) is 21.1. The first-order chi connectivity index (χ1) is 12.8. The molecule has 146 valence electrons. The Morgan fingerprint density at radius 2 is 1.67 bits per heavy atom. The summed E-state index contributed by atoms with van der Waals surface area (Å²) >= 11 is 0. The zero-order chi connectivity index (χ0) is 19.9. The van der Waals surface area contributed by atoms with Crippen molar-refractivity contribution < 1.29 is 17.6 Å². The Morgan fingerprint density at radius 3 is 2.30 bits per heavy atom. The van der Waals surface area contributed by atoms with Crippen LogP contribution in [0.3, 0.4) is 0 Å². The molecule has 0 spiro atoms. The second-order valence-electron chi connectivity index (χ2n) is 6.65. The van der Waals surface area contributed by atoms with Gasteiger partial charge in [-0.1, -0.05) is 56.3 Å². The fourth-order valence-corrected chi connectivity index (χ4v) is 4.07. The van der Waals surface area contributed by atoms with Crippen LogP contribution in [0.5, 0.6) is 0 Å². The fraction of sp³-hybridized carbons (Fsp3) is 0.350. The summed E-state index contributed by atoms with van der Waals surface area (Å²) in [5.74, 6) is -1.56. The zero-order valence-electron chi connectivity index (χ0n) is 15.5. The highest BCUT2D eigenvalue weighted by molar-refractivity contribution is 7.89. The van der Waals surface area contributed by atoms with Gasteiger partial charge in [0, 0.05) is 6.54 Å². The Balaban J connectivity index is 1.95. The number of aryl methyl sites for hydroxylation is 1. The maximum atomic E-state index is 13.8. The summed E-state index contributed by atoms with van der Waals surface area (Å²) in [6.45, 7) is 3.90. The van der Waals surface area contributed by atoms with Crippen molar-refractivity contribution in [3.63, 3.8) is 0 Å². The van der Waals surface area contributed by atoms with E-state index in [1.165, 1.54) is 23.8 Å². The minimum Gasteiger partial charge on any atom is -0.355 e. The van der Waals surface area contributed by atoms with Gasteiger partial charge < -0.3 is 5.32 Å². The van der Waals surface area contributed by atoms with Gasteiger partial charge in [-0.25, -0.2) is 12.8 Å². The molecule has 2 aromatic carbocycles. The maximum absolute atomic E-state index is 13.8. The van der Waals surface area contributed by atoms with Crippen molar-refractivity contribution in [2.45, 2.75) is 37.6 Å². The zero-order valence-corrected chi connectivity index (χ0v) is 16.3. The molecule has 0 radical (unpaired) electrons. The molecule has 0 saturated carbocycles. The molecule has 0 aliphatic carbocycles. The lowest BCUT2D eigenvalue weighted by molar-refractivity contribution is -0.123. The van der Waals surface area contributed by atoms with Gasteiger partial charge >= 0.3 is 0 Å². The van der Waals surface area contributed by atoms with E-state index in [0.29, 0.717) is 6.54 Å². The lowest BCUT2D eigenvalue weighted by atomic mass is 10.0. The van der Waals surface area contributed by atoms with E-state index in [4.69, 9.17) is 0 Å². The minimum atomic E-state index is -4.14. The number of nitrogens with one attached hydrogen (secondary N) is 2. The highest BCUT2D eigenvalue weighted by Gasteiger charge is 2.29. The number of halogens is 1. The van der Waals surface area contributed by atoms with Crippen molar-refractivity contribution in [2.24, 2.45) is 5.92 Å². The molecule has 0 saturated heterocycles. The van der Waals surface area contributed by atoms with Crippen LogP contribution >= 0.6 is 0 Å². The smallest absolute Gasteiger partial charge is 0.244 e. The standard InChI is InChI=1S/C20H25FN2O3S/c1-15(2)19(23-27(25,26)18-13-7-6-12-17(18)21)20(24)22-14-8-11-16-9-4-3-5-10-16/h3-7,9-10,12-13,15,19,23H,8,11,14H2,1-2H3,(H,22,24)/t19-/m0/s1. The highest BCUT2D eigenvalue weighted by atomic mass is 32.2. The number of hydrogen-bond acceptors (Lipinski definition) is 3. The molecule has 0 heterocycles. The van der Waals surface area contributed by atoms with Gasteiger partial charge in [-0.15, -0.1) is 0 Å². The van der Waals surface area contributed by atoms with Crippen LogP contribution in [0.15, 0.2) is 59.5 Å². The molecule has 7 heteroatoms. The molecule has 1 amide bonds. The lowest BCUT2D eigenvalue weighted by Gasteiger charge is -2.21. The Bertz CT molecular complexity index is 855. The van der Waals surface area contributed by atoms with Crippen LogP contribution in [0.1, 0.15) is 25.8 Å². The van der Waals surface area contributed by atoms with Gasteiger partial charge in [0.25, 0.3) is 0 Å². The summed E-state index contributed by atoms with van der Waals surface area (Å²) in [5, 5.41) is 2.76. The van der Waals surface area contributed by atoms with Gasteiger partial charge in [0.1, 0.15) is 16.8 Å². The number of carbonyl (C=O) groups is 1. The molecule has 0 fully saturated rings. The number of rotatable bonds is 9. The van der Waals surface area contributed by atoms with Gasteiger partial charge in [0.2, 0.25) is 15.9 Å².